The zero-order valence-electron chi connectivity index (χ0n) is 15.7. The van der Waals surface area contributed by atoms with Crippen molar-refractivity contribution in [1.29, 1.82) is 0 Å². The predicted octanol–water partition coefficient (Wildman–Crippen LogP) is 1.36. The zero-order chi connectivity index (χ0) is 19.2. The lowest BCUT2D eigenvalue weighted by Crippen LogP contribution is -2.49. The van der Waals surface area contributed by atoms with Crippen LogP contribution in [0.4, 0.5) is 10.1 Å². The highest BCUT2D eigenvalue weighted by atomic mass is 19.1. The van der Waals surface area contributed by atoms with Gasteiger partial charge in [0.05, 0.1) is 0 Å². The number of halogens is 1. The summed E-state index contributed by atoms with van der Waals surface area (Å²) in [5, 5.41) is 2.91. The molecule has 0 unspecified atom stereocenters. The first kappa shape index (κ1) is 19.6. The first-order valence-electron chi connectivity index (χ1n) is 9.84. The average molecular weight is 376 g/mol. The normalized spacial score (nSPS) is 22.7. The lowest BCUT2D eigenvalue weighted by molar-refractivity contribution is -0.131. The minimum absolute atomic E-state index is 0.00403. The largest absolute Gasteiger partial charge is 0.368 e. The number of nitrogens with one attached hydrogen (secondary N) is 1. The molecule has 27 heavy (non-hydrogen) atoms. The van der Waals surface area contributed by atoms with Gasteiger partial charge in [0, 0.05) is 50.7 Å². The van der Waals surface area contributed by atoms with Gasteiger partial charge in [-0.25, -0.2) is 4.39 Å². The fourth-order valence-corrected chi connectivity index (χ4v) is 4.11. The van der Waals surface area contributed by atoms with Gasteiger partial charge in [-0.1, -0.05) is 6.42 Å². The summed E-state index contributed by atoms with van der Waals surface area (Å²) in [6.45, 7) is 3.66. The highest BCUT2D eigenvalue weighted by molar-refractivity contribution is 5.81. The van der Waals surface area contributed by atoms with Gasteiger partial charge < -0.3 is 20.9 Å². The first-order chi connectivity index (χ1) is 13.1. The van der Waals surface area contributed by atoms with Gasteiger partial charge in [-0.15, -0.1) is 0 Å². The van der Waals surface area contributed by atoms with Crippen LogP contribution in [0, 0.1) is 17.7 Å². The highest BCUT2D eigenvalue weighted by Crippen LogP contribution is 2.30. The van der Waals surface area contributed by atoms with E-state index in [1.54, 1.807) is 12.1 Å². The summed E-state index contributed by atoms with van der Waals surface area (Å²) in [6.07, 6.45) is 3.29. The number of hydrogen-bond acceptors (Lipinski definition) is 4. The Kier molecular flexibility index (Phi) is 6.66. The van der Waals surface area contributed by atoms with E-state index in [0.717, 1.165) is 38.0 Å². The van der Waals surface area contributed by atoms with Crippen molar-refractivity contribution in [2.45, 2.75) is 25.7 Å². The monoisotopic (exact) mass is 376 g/mol. The first-order valence-corrected chi connectivity index (χ1v) is 9.84. The maximum atomic E-state index is 13.0. The van der Waals surface area contributed by atoms with Crippen molar-refractivity contribution < 1.29 is 14.0 Å². The fraction of sp³-hybridized carbons (Fsp3) is 0.600. The average Bonchev–Trinajstić information content (AvgIpc) is 3.17. The molecule has 3 N–H and O–H groups in total. The Hall–Kier alpha value is -2.15. The Labute approximate surface area is 159 Å². The second-order valence-corrected chi connectivity index (χ2v) is 7.42. The number of nitrogens with two attached hydrogens (primary N) is 1. The van der Waals surface area contributed by atoms with Crippen molar-refractivity contribution in [3.05, 3.63) is 30.1 Å². The van der Waals surface area contributed by atoms with Crippen molar-refractivity contribution >= 4 is 17.5 Å². The third-order valence-corrected chi connectivity index (χ3v) is 5.76. The van der Waals surface area contributed by atoms with Crippen LogP contribution in [0.25, 0.3) is 0 Å². The predicted molar refractivity (Wildman–Crippen MR) is 103 cm³/mol. The second kappa shape index (κ2) is 9.17. The molecule has 2 aliphatic rings. The van der Waals surface area contributed by atoms with Crippen LogP contribution in [0.3, 0.4) is 0 Å². The number of amides is 2. The number of piperazine rings is 1. The molecule has 1 saturated heterocycles. The molecule has 1 aromatic rings. The summed E-state index contributed by atoms with van der Waals surface area (Å²) >= 11 is 0. The highest BCUT2D eigenvalue weighted by Gasteiger charge is 2.31. The summed E-state index contributed by atoms with van der Waals surface area (Å²) in [6, 6.07) is 6.43. The van der Waals surface area contributed by atoms with Crippen molar-refractivity contribution in [1.82, 2.24) is 10.2 Å². The van der Waals surface area contributed by atoms with Gasteiger partial charge in [-0.3, -0.25) is 9.59 Å². The quantitative estimate of drug-likeness (QED) is 0.786. The molecule has 1 aliphatic carbocycles. The second-order valence-electron chi connectivity index (χ2n) is 7.42. The zero-order valence-corrected chi connectivity index (χ0v) is 15.7. The van der Waals surface area contributed by atoms with E-state index >= 15 is 0 Å². The molecule has 0 aromatic heterocycles. The van der Waals surface area contributed by atoms with E-state index in [2.05, 4.69) is 10.2 Å². The van der Waals surface area contributed by atoms with Crippen LogP contribution >= 0.6 is 0 Å². The SMILES string of the molecule is NC[C@H]1CCC[C@H]1C(=O)NCCC(=O)N1CCN(c2ccc(F)cc2)CC1. The molecule has 0 spiro atoms. The summed E-state index contributed by atoms with van der Waals surface area (Å²) in [7, 11) is 0. The summed E-state index contributed by atoms with van der Waals surface area (Å²) in [5.74, 6) is 0.141. The number of nitrogens with zero attached hydrogens (tertiary/aromatic N) is 2. The topological polar surface area (TPSA) is 78.7 Å². The van der Waals surface area contributed by atoms with E-state index < -0.39 is 0 Å². The number of benzene rings is 1. The van der Waals surface area contributed by atoms with Gasteiger partial charge in [-0.2, -0.15) is 0 Å². The van der Waals surface area contributed by atoms with Gasteiger partial charge in [0.1, 0.15) is 5.82 Å². The number of rotatable bonds is 6. The van der Waals surface area contributed by atoms with Gasteiger partial charge in [0.25, 0.3) is 0 Å². The molecule has 1 saturated carbocycles. The molecule has 0 bridgehead atoms. The van der Waals surface area contributed by atoms with Crippen molar-refractivity contribution in [3.8, 4) is 0 Å². The van der Waals surface area contributed by atoms with Gasteiger partial charge in [0.2, 0.25) is 11.8 Å². The molecule has 2 atom stereocenters. The fourth-order valence-electron chi connectivity index (χ4n) is 4.11. The maximum Gasteiger partial charge on any atom is 0.224 e. The van der Waals surface area contributed by atoms with Crippen LogP contribution in [0.1, 0.15) is 25.7 Å². The molecule has 3 rings (SSSR count). The number of carbonyl (C=O) groups excluding carboxylic acids is 2. The minimum Gasteiger partial charge on any atom is -0.368 e. The van der Waals surface area contributed by atoms with E-state index in [4.69, 9.17) is 5.73 Å². The summed E-state index contributed by atoms with van der Waals surface area (Å²) in [5.41, 5.74) is 6.71. The molecule has 1 aliphatic heterocycles. The van der Waals surface area contributed by atoms with Crippen LogP contribution < -0.4 is 16.0 Å². The number of anilines is 1. The molecular formula is C20H29FN4O2. The molecular weight excluding hydrogens is 347 g/mol. The molecule has 6 nitrogen and oxygen atoms in total. The van der Waals surface area contributed by atoms with Gasteiger partial charge >= 0.3 is 0 Å². The Balaban J connectivity index is 1.38. The molecule has 7 heteroatoms. The van der Waals surface area contributed by atoms with Crippen LogP contribution in [0.5, 0.6) is 0 Å². The Morgan fingerprint density at radius 2 is 1.81 bits per heavy atom. The molecule has 148 valence electrons. The molecule has 0 radical (unpaired) electrons. The summed E-state index contributed by atoms with van der Waals surface area (Å²) < 4.78 is 13.0. The Morgan fingerprint density at radius 3 is 2.48 bits per heavy atom. The molecule has 2 amide bonds. The van der Waals surface area contributed by atoms with Crippen molar-refractivity contribution in [2.24, 2.45) is 17.6 Å². The summed E-state index contributed by atoms with van der Waals surface area (Å²) in [4.78, 5) is 28.7. The van der Waals surface area contributed by atoms with Crippen molar-refractivity contribution in [2.75, 3.05) is 44.2 Å². The minimum atomic E-state index is -0.245. The van der Waals surface area contributed by atoms with Crippen LogP contribution in [0.2, 0.25) is 0 Å². The van der Waals surface area contributed by atoms with E-state index in [1.807, 2.05) is 4.90 Å². The van der Waals surface area contributed by atoms with Crippen LogP contribution in [0.15, 0.2) is 24.3 Å². The standard InChI is InChI=1S/C20H29FN4O2/c21-16-4-6-17(7-5-16)24-10-12-25(13-11-24)19(26)8-9-23-20(27)18-3-1-2-15(18)14-22/h4-7,15,18H,1-3,8-14,22H2,(H,23,27)/t15-,18-/m1/s1. The molecule has 1 heterocycles. The number of hydrogen-bond donors (Lipinski definition) is 2. The van der Waals surface area contributed by atoms with Crippen molar-refractivity contribution in [3.63, 3.8) is 0 Å². The maximum absolute atomic E-state index is 13.0. The van der Waals surface area contributed by atoms with Crippen LogP contribution in [-0.4, -0.2) is 56.0 Å². The van der Waals surface area contributed by atoms with E-state index in [1.165, 1.54) is 12.1 Å². The third-order valence-electron chi connectivity index (χ3n) is 5.76. The lowest BCUT2D eigenvalue weighted by Gasteiger charge is -2.36. The van der Waals surface area contributed by atoms with Gasteiger partial charge in [0.15, 0.2) is 0 Å². The molecule has 2 fully saturated rings. The van der Waals surface area contributed by atoms with Crippen LogP contribution in [-0.2, 0) is 9.59 Å². The Bertz CT molecular complexity index is 644. The smallest absolute Gasteiger partial charge is 0.224 e. The van der Waals surface area contributed by atoms with Gasteiger partial charge in [-0.05, 0) is 49.6 Å². The Morgan fingerprint density at radius 1 is 1.11 bits per heavy atom. The van der Waals surface area contributed by atoms with E-state index in [0.29, 0.717) is 32.6 Å². The third kappa shape index (κ3) is 4.97. The lowest BCUT2D eigenvalue weighted by atomic mass is 9.95. The van der Waals surface area contributed by atoms with E-state index in [9.17, 15) is 14.0 Å². The molecule has 1 aromatic carbocycles. The van der Waals surface area contributed by atoms with E-state index in [-0.39, 0.29) is 29.5 Å². The number of carbonyl (C=O) groups is 2.